The third-order valence-corrected chi connectivity index (χ3v) is 5.41. The molecule has 1 amide bonds. The van der Waals surface area contributed by atoms with Crippen LogP contribution in [0.1, 0.15) is 16.1 Å². The van der Waals surface area contributed by atoms with Crippen molar-refractivity contribution in [2.24, 2.45) is 0 Å². The topological polar surface area (TPSA) is 68.3 Å². The summed E-state index contributed by atoms with van der Waals surface area (Å²) in [5.74, 6) is 0.239. The number of aromatic nitrogens is 1. The lowest BCUT2D eigenvalue weighted by molar-refractivity contribution is 0.0997. The van der Waals surface area contributed by atoms with E-state index in [-0.39, 0.29) is 11.6 Å². The van der Waals surface area contributed by atoms with E-state index in [9.17, 15) is 9.18 Å². The first-order chi connectivity index (χ1) is 15.5. The van der Waals surface area contributed by atoms with Crippen LogP contribution < -0.4 is 5.32 Å². The predicted molar refractivity (Wildman–Crippen MR) is 121 cm³/mol. The number of carbonyl (C=O) groups excluding carboxylic acids is 1. The van der Waals surface area contributed by atoms with Gasteiger partial charge in [-0.25, -0.2) is 9.37 Å². The van der Waals surface area contributed by atoms with Gasteiger partial charge in [0.25, 0.3) is 5.91 Å². The van der Waals surface area contributed by atoms with Gasteiger partial charge in [0.1, 0.15) is 17.1 Å². The number of nitrogens with zero attached hydrogens (tertiary/aromatic N) is 1. The van der Waals surface area contributed by atoms with Crippen LogP contribution in [0.3, 0.4) is 0 Å². The van der Waals surface area contributed by atoms with Gasteiger partial charge in [0.05, 0.1) is 0 Å². The van der Waals surface area contributed by atoms with E-state index in [1.165, 1.54) is 12.1 Å². The highest BCUT2D eigenvalue weighted by Gasteiger charge is 2.15. The van der Waals surface area contributed by atoms with Crippen molar-refractivity contribution in [3.05, 3.63) is 95.0 Å². The highest BCUT2D eigenvalue weighted by molar-refractivity contribution is 6.31. The molecule has 0 fully saturated rings. The zero-order valence-corrected chi connectivity index (χ0v) is 17.6. The summed E-state index contributed by atoms with van der Waals surface area (Å²) in [5.41, 5.74) is 3.87. The smallest absolute Gasteiger partial charge is 0.291 e. The van der Waals surface area contributed by atoms with E-state index in [1.807, 2.05) is 19.1 Å². The number of fused-ring (bicyclic) bond motifs is 1. The second-order valence-corrected chi connectivity index (χ2v) is 7.70. The largest absolute Gasteiger partial charge is 0.451 e. The lowest BCUT2D eigenvalue weighted by Crippen LogP contribution is -2.10. The molecule has 0 aliphatic carbocycles. The number of aryl methyl sites for hydroxylation is 1. The van der Waals surface area contributed by atoms with Gasteiger partial charge >= 0.3 is 0 Å². The van der Waals surface area contributed by atoms with Gasteiger partial charge in [-0.2, -0.15) is 0 Å². The lowest BCUT2D eigenvalue weighted by Gasteiger charge is -2.03. The van der Waals surface area contributed by atoms with Gasteiger partial charge < -0.3 is 14.2 Å². The summed E-state index contributed by atoms with van der Waals surface area (Å²) >= 11 is 6.18. The minimum atomic E-state index is -0.400. The number of hydrogen-bond donors (Lipinski definition) is 1. The third-order valence-electron chi connectivity index (χ3n) is 5.00. The fraction of sp³-hybridized carbons (Fsp3) is 0.0400. The van der Waals surface area contributed by atoms with Gasteiger partial charge in [0.2, 0.25) is 5.89 Å². The minimum absolute atomic E-state index is 0.164. The number of furan rings is 1. The predicted octanol–water partition coefficient (Wildman–Crippen LogP) is 7.11. The SMILES string of the molecule is Cc1ccc(-c2ccc(C(=O)Nc3ccc4oc(-c5cccc(F)c5)nc4c3)o2)cc1Cl. The number of anilines is 1. The Kier molecular flexibility index (Phi) is 4.99. The fourth-order valence-electron chi connectivity index (χ4n) is 3.30. The van der Waals surface area contributed by atoms with Gasteiger partial charge in [-0.05, 0) is 67.1 Å². The van der Waals surface area contributed by atoms with Crippen LogP contribution in [-0.2, 0) is 0 Å². The molecule has 0 radical (unpaired) electrons. The van der Waals surface area contributed by atoms with Crippen LogP contribution in [0.15, 0.2) is 81.6 Å². The first-order valence-electron chi connectivity index (χ1n) is 9.80. The van der Waals surface area contributed by atoms with Gasteiger partial charge in [0, 0.05) is 21.8 Å². The summed E-state index contributed by atoms with van der Waals surface area (Å²) < 4.78 is 24.9. The quantitative estimate of drug-likeness (QED) is 0.319. The number of nitrogens with one attached hydrogen (secondary N) is 1. The first-order valence-corrected chi connectivity index (χ1v) is 10.2. The van der Waals surface area contributed by atoms with E-state index >= 15 is 0 Å². The maximum atomic E-state index is 13.5. The number of carbonyl (C=O) groups is 1. The maximum absolute atomic E-state index is 13.5. The van der Waals surface area contributed by atoms with Crippen LogP contribution in [0.4, 0.5) is 10.1 Å². The van der Waals surface area contributed by atoms with Crippen LogP contribution in [0, 0.1) is 12.7 Å². The Morgan fingerprint density at radius 1 is 0.969 bits per heavy atom. The van der Waals surface area contributed by atoms with Gasteiger partial charge in [0.15, 0.2) is 11.3 Å². The first kappa shape index (κ1) is 20.0. The molecule has 0 bridgehead atoms. The van der Waals surface area contributed by atoms with E-state index in [1.54, 1.807) is 48.5 Å². The number of benzene rings is 3. The molecule has 5 rings (SSSR count). The van der Waals surface area contributed by atoms with Crippen molar-refractivity contribution in [3.63, 3.8) is 0 Å². The number of halogens is 2. The Morgan fingerprint density at radius 2 is 1.84 bits per heavy atom. The number of oxazole rings is 1. The molecule has 5 aromatic rings. The number of rotatable bonds is 4. The van der Waals surface area contributed by atoms with Gasteiger partial charge in [-0.15, -0.1) is 0 Å². The highest BCUT2D eigenvalue weighted by atomic mass is 35.5. The zero-order valence-electron chi connectivity index (χ0n) is 16.9. The van der Waals surface area contributed by atoms with Crippen LogP contribution in [0.2, 0.25) is 5.02 Å². The highest BCUT2D eigenvalue weighted by Crippen LogP contribution is 2.29. The van der Waals surface area contributed by atoms with E-state index in [4.69, 9.17) is 20.4 Å². The third kappa shape index (κ3) is 3.88. The summed E-state index contributed by atoms with van der Waals surface area (Å²) in [6.07, 6.45) is 0. The van der Waals surface area contributed by atoms with Crippen molar-refractivity contribution in [2.75, 3.05) is 5.32 Å². The van der Waals surface area contributed by atoms with E-state index in [2.05, 4.69) is 10.3 Å². The summed E-state index contributed by atoms with van der Waals surface area (Å²) in [7, 11) is 0. The molecular weight excluding hydrogens is 431 g/mol. The molecule has 0 saturated carbocycles. The summed E-state index contributed by atoms with van der Waals surface area (Å²) in [4.78, 5) is 17.1. The molecule has 3 aromatic carbocycles. The number of hydrogen-bond acceptors (Lipinski definition) is 4. The standard InChI is InChI=1S/C25H16ClFN2O3/c1-14-5-6-15(12-19(14)26)21-9-10-23(31-21)24(30)28-18-7-8-22-20(13-18)29-25(32-22)16-3-2-4-17(27)11-16/h2-13H,1H3,(H,28,30). The maximum Gasteiger partial charge on any atom is 0.291 e. The molecule has 5 nitrogen and oxygen atoms in total. The van der Waals surface area contributed by atoms with E-state index in [0.717, 1.165) is 11.1 Å². The van der Waals surface area contributed by atoms with Crippen molar-refractivity contribution >= 4 is 34.3 Å². The molecule has 0 spiro atoms. The molecule has 158 valence electrons. The molecule has 7 heteroatoms. The second kappa shape index (κ2) is 7.98. The van der Waals surface area contributed by atoms with Crippen molar-refractivity contribution in [1.29, 1.82) is 0 Å². The Labute approximate surface area is 187 Å². The molecule has 0 aliphatic rings. The molecule has 0 unspecified atom stereocenters. The molecular formula is C25H16ClFN2O3. The fourth-order valence-corrected chi connectivity index (χ4v) is 3.48. The summed E-state index contributed by atoms with van der Waals surface area (Å²) in [6, 6.07) is 20.0. The Hall–Kier alpha value is -3.90. The van der Waals surface area contributed by atoms with E-state index in [0.29, 0.717) is 39.0 Å². The summed E-state index contributed by atoms with van der Waals surface area (Å²) in [6.45, 7) is 1.92. The van der Waals surface area contributed by atoms with E-state index < -0.39 is 5.91 Å². The molecule has 0 saturated heterocycles. The monoisotopic (exact) mass is 446 g/mol. The normalized spacial score (nSPS) is 11.1. The van der Waals surface area contributed by atoms with Gasteiger partial charge in [-0.1, -0.05) is 29.8 Å². The van der Waals surface area contributed by atoms with Crippen molar-refractivity contribution in [3.8, 4) is 22.8 Å². The van der Waals surface area contributed by atoms with Crippen molar-refractivity contribution in [2.45, 2.75) is 6.92 Å². The summed E-state index contributed by atoms with van der Waals surface area (Å²) in [5, 5.41) is 3.42. The van der Waals surface area contributed by atoms with Crippen LogP contribution in [-0.4, -0.2) is 10.9 Å². The lowest BCUT2D eigenvalue weighted by atomic mass is 10.1. The van der Waals surface area contributed by atoms with Crippen LogP contribution in [0.5, 0.6) is 0 Å². The Balaban J connectivity index is 1.37. The average molecular weight is 447 g/mol. The molecule has 2 aromatic heterocycles. The Bertz CT molecular complexity index is 1470. The van der Waals surface area contributed by atoms with Gasteiger partial charge in [-0.3, -0.25) is 4.79 Å². The molecule has 1 N–H and O–H groups in total. The Morgan fingerprint density at radius 3 is 2.66 bits per heavy atom. The van der Waals surface area contributed by atoms with Crippen molar-refractivity contribution < 1.29 is 18.0 Å². The average Bonchev–Trinajstić information content (AvgIpc) is 3.43. The molecule has 0 atom stereocenters. The van der Waals surface area contributed by atoms with Crippen molar-refractivity contribution in [1.82, 2.24) is 4.98 Å². The number of amides is 1. The molecule has 0 aliphatic heterocycles. The second-order valence-electron chi connectivity index (χ2n) is 7.29. The minimum Gasteiger partial charge on any atom is -0.451 e. The zero-order chi connectivity index (χ0) is 22.2. The molecule has 32 heavy (non-hydrogen) atoms. The van der Waals surface area contributed by atoms with Crippen LogP contribution >= 0.6 is 11.6 Å². The molecule has 2 heterocycles. The van der Waals surface area contributed by atoms with Crippen LogP contribution in [0.25, 0.3) is 33.9 Å².